The minimum atomic E-state index is -5.32. The molecule has 0 spiro atoms. The molecule has 15 atom stereocenters. The fraction of sp³-hybridized carbons (Fsp3) is 0.619. The standard InChI is InChI=1S/C62H90N13O14P.CN.Co/c1-29-20-39-40(21-30(29)2)75(28-70-39)57-52(84)53(41(27-76)87-57)89-90(85,86)88-31(3)26-69-49(83)18-19-59(8)37(22-46(66)80)56-62(11)61(10,25-48(68)82)36(14-17-45(65)79)51(74-62)33(5)55-60(9,24-47(67)81)34(12-15-43(63)77)38(71-55)23-42-58(6,7)35(13-16-44(64)78)50(72-42)32(4)54(59)73-56;1-2;/h20-21,23,28,31,34-37,41,52-53,56-57,76,84H,12-19,22,24-27H2,1-11H3,(H15,63,64,65,66,67,68,69,71,72,73,74,77,78,79,80,81,82,83,85,86);;/q;-1;+2/p-2/t31-,34-,35-,36-,37+,41-,52-,53-,56-,57+,59-,60+,61+,62+;;/m1../s1/i;;1-2. The summed E-state index contributed by atoms with van der Waals surface area (Å²) < 4.78 is 31.9. The van der Waals surface area contributed by atoms with E-state index in [1.54, 1.807) is 6.92 Å². The number of phosphoric acid groups is 1. The number of aromatic nitrogens is 2. The summed E-state index contributed by atoms with van der Waals surface area (Å²) in [5, 5.41) is 36.4. The Hall–Kier alpha value is -7.00. The number of aliphatic hydroxyl groups excluding tert-OH is 2. The number of nitrogens with two attached hydrogens (primary N) is 6. The fourth-order valence-electron chi connectivity index (χ4n) is 15.3. The van der Waals surface area contributed by atoms with Gasteiger partial charge in [-0.25, -0.2) is 4.98 Å². The van der Waals surface area contributed by atoms with Gasteiger partial charge in [0, 0.05) is 108 Å². The van der Waals surface area contributed by atoms with Gasteiger partial charge < -0.3 is 90.3 Å². The molecule has 509 valence electrons. The van der Waals surface area contributed by atoms with Crippen molar-refractivity contribution in [1.82, 2.24) is 14.9 Å². The molecule has 15 N–H and O–H groups in total. The van der Waals surface area contributed by atoms with E-state index < -0.39 is 143 Å². The fourth-order valence-corrected chi connectivity index (χ4v) is 16.4. The molecule has 8 bridgehead atoms. The molecule has 6 aliphatic rings. The number of benzene rings is 1. The third-order valence-corrected chi connectivity index (χ3v) is 21.6. The number of aliphatic hydroxyl groups is 2. The van der Waals surface area contributed by atoms with Gasteiger partial charge in [0.2, 0.25) is 41.4 Å². The van der Waals surface area contributed by atoms with Gasteiger partial charge in [0.15, 0.2) is 6.23 Å². The van der Waals surface area contributed by atoms with Crippen molar-refractivity contribution in [1.29, 1.82) is 5.26 Å². The number of carbonyl (C=O) groups is 7. The second-order valence-electron chi connectivity index (χ2n) is 27.0. The molecular formula is C63H88CoN14O14P-. The zero-order chi connectivity index (χ0) is 68.7. The number of aliphatic imine (C=N–C) groups is 3. The number of primary amides is 6. The molecule has 28 nitrogen and oxygen atoms in total. The molecule has 8 rings (SSSR count). The van der Waals surface area contributed by atoms with Gasteiger partial charge in [-0.3, -0.25) is 53.1 Å². The first kappa shape index (κ1) is 75.0. The van der Waals surface area contributed by atoms with Crippen LogP contribution < -0.4 is 44.6 Å². The van der Waals surface area contributed by atoms with Gasteiger partial charge in [0.1, 0.15) is 18.3 Å². The van der Waals surface area contributed by atoms with Crippen LogP contribution >= 0.6 is 7.82 Å². The Kier molecular flexibility index (Phi) is 23.0. The first-order chi connectivity index (χ1) is 42.8. The minimum Gasteiger partial charge on any atom is -0.756 e. The van der Waals surface area contributed by atoms with Crippen molar-refractivity contribution in [2.75, 3.05) is 13.2 Å². The molecule has 2 fully saturated rings. The number of nitrogens with one attached hydrogen (secondary N) is 1. The third-order valence-electron chi connectivity index (χ3n) is 20.5. The molecule has 30 heteroatoms. The number of fused-ring (bicyclic) bond motifs is 7. The van der Waals surface area contributed by atoms with Crippen molar-refractivity contribution in [3.05, 3.63) is 75.8 Å². The second-order valence-corrected chi connectivity index (χ2v) is 28.3. The quantitative estimate of drug-likeness (QED) is 0.0481. The molecule has 1 aromatic carbocycles. The summed E-state index contributed by atoms with van der Waals surface area (Å²) >= 11 is 0. The average molecular weight is 1350 g/mol. The Morgan fingerprint density at radius 2 is 1.39 bits per heavy atom. The summed E-state index contributed by atoms with van der Waals surface area (Å²) in [6, 6.07) is 2.65. The van der Waals surface area contributed by atoms with Crippen LogP contribution in [0.4, 0.5) is 0 Å². The van der Waals surface area contributed by atoms with E-state index in [2.05, 4.69) is 10.3 Å². The van der Waals surface area contributed by atoms with Crippen LogP contribution in [0.5, 0.6) is 0 Å². The Morgan fingerprint density at radius 3 is 1.96 bits per heavy atom. The van der Waals surface area contributed by atoms with Gasteiger partial charge in [0.05, 0.1) is 41.3 Å². The summed E-state index contributed by atoms with van der Waals surface area (Å²) in [5.41, 5.74) is 36.7. The predicted molar refractivity (Wildman–Crippen MR) is 337 cm³/mol. The van der Waals surface area contributed by atoms with Crippen molar-refractivity contribution in [3.8, 4) is 0 Å². The van der Waals surface area contributed by atoms with Crippen LogP contribution in [-0.2, 0) is 68.7 Å². The molecule has 6 aliphatic heterocycles. The Bertz CT molecular complexity index is 3600. The average Bonchev–Trinajstić information content (AvgIpc) is 1.53. The van der Waals surface area contributed by atoms with Gasteiger partial charge in [-0.15, -0.1) is 0 Å². The van der Waals surface area contributed by atoms with E-state index >= 15 is 0 Å². The number of amides is 7. The van der Waals surface area contributed by atoms with Crippen LogP contribution in [0.25, 0.3) is 16.4 Å². The third kappa shape index (κ3) is 14.6. The first-order valence-corrected chi connectivity index (χ1v) is 32.2. The van der Waals surface area contributed by atoms with Crippen molar-refractivity contribution in [2.45, 2.75) is 189 Å². The number of allylic oxidation sites excluding steroid dienone is 6. The van der Waals surface area contributed by atoms with Gasteiger partial charge in [0.25, 0.3) is 7.82 Å². The van der Waals surface area contributed by atoms with Gasteiger partial charge >= 0.3 is 16.8 Å². The number of imidazole rings is 1. The molecule has 2 aromatic rings. The van der Waals surface area contributed by atoms with Crippen molar-refractivity contribution in [2.24, 2.45) is 94.7 Å². The number of hydrogen-bond acceptors (Lipinski definition) is 19. The van der Waals surface area contributed by atoms with Crippen LogP contribution in [0.3, 0.4) is 0 Å². The van der Waals surface area contributed by atoms with E-state index in [0.29, 0.717) is 56.4 Å². The number of ether oxygens (including phenoxy) is 1. The smallest absolute Gasteiger partial charge is 0.756 e. The molecular weight excluding hydrogens is 1260 g/mol. The van der Waals surface area contributed by atoms with Gasteiger partial charge in [-0.2, -0.15) is 5.70 Å². The number of carbonyl (C=O) groups excluding carboxylic acids is 7. The minimum absolute atomic E-state index is 0. The molecule has 0 saturated carbocycles. The van der Waals surface area contributed by atoms with Crippen LogP contribution in [0.15, 0.2) is 67.8 Å². The summed E-state index contributed by atoms with van der Waals surface area (Å²) in [5.74, 6) is -7.40. The largest absolute Gasteiger partial charge is 2.00 e. The van der Waals surface area contributed by atoms with Gasteiger partial charge in [-0.1, -0.05) is 40.7 Å². The molecule has 1 unspecified atom stereocenters. The number of phosphoric ester groups is 1. The maximum absolute atomic E-state index is 14.4. The Balaban J connectivity index is 0.00000453. The van der Waals surface area contributed by atoms with E-state index in [1.807, 2.05) is 80.5 Å². The SMILES string of the molecule is C/C1=C2/[N-][C@H]([C@H](CC(N)=O)[C@@]2(C)CCC(=O)NC[C@@H](C)OP(=O)([O-])O[C@H]2[C@@H](O)[C@@H](n3cnc4cc(C)c(C)cc43)O[C@@H]2CO)[C@]2(C)N=C(/C(C)=C3N=C(/C=C4N=C1[C@@H](CCC(N)=O)C\4(C)C)[C@@H](CCC(N)=O)[C@]\3(C)CC(N)=O)[C@@H](CCC(N)=O)[C@]2(C)CC(N)=O.[57Co+2].[C-]#N. The number of aryl methyl sites for hydroxylation is 2. The van der Waals surface area contributed by atoms with E-state index in [-0.39, 0.29) is 94.0 Å². The number of hydrogen-bond donors (Lipinski definition) is 9. The van der Waals surface area contributed by atoms with E-state index in [0.717, 1.165) is 11.1 Å². The van der Waals surface area contributed by atoms with E-state index in [1.165, 1.54) is 17.8 Å². The maximum atomic E-state index is 14.4. The summed E-state index contributed by atoms with van der Waals surface area (Å²) in [4.78, 5) is 128. The van der Waals surface area contributed by atoms with Crippen molar-refractivity contribution < 1.29 is 83.8 Å². The molecule has 7 amide bonds. The zero-order valence-electron chi connectivity index (χ0n) is 54.4. The molecule has 2 saturated heterocycles. The molecule has 93 heavy (non-hydrogen) atoms. The van der Waals surface area contributed by atoms with Crippen LogP contribution in [0.1, 0.15) is 150 Å². The molecule has 7 heterocycles. The van der Waals surface area contributed by atoms with E-state index in [4.69, 9.17) is 80.3 Å². The van der Waals surface area contributed by atoms with E-state index in [9.17, 15) is 53.2 Å². The summed E-state index contributed by atoms with van der Waals surface area (Å²) in [6.07, 6.45) is -4.79. The zero-order valence-corrected chi connectivity index (χ0v) is 56.4. The predicted octanol–water partition coefficient (Wildman–Crippen LogP) is 3.41. The van der Waals surface area contributed by atoms with Crippen molar-refractivity contribution >= 4 is 77.3 Å². The van der Waals surface area contributed by atoms with Crippen molar-refractivity contribution in [3.63, 3.8) is 0 Å². The summed E-state index contributed by atoms with van der Waals surface area (Å²) in [6.45, 7) is 23.7. The Morgan fingerprint density at radius 1 is 0.806 bits per heavy atom. The second kappa shape index (κ2) is 28.5. The molecule has 1 radical (unpaired) electrons. The topological polar surface area (TPSA) is 489 Å². The molecule has 1 aromatic heterocycles. The van der Waals surface area contributed by atoms with Crippen LogP contribution in [-0.4, -0.2) is 127 Å². The van der Waals surface area contributed by atoms with Crippen LogP contribution in [0.2, 0.25) is 0 Å². The maximum Gasteiger partial charge on any atom is 2.00 e. The number of rotatable bonds is 26. The first-order valence-electron chi connectivity index (χ1n) is 30.7. The molecule has 0 aliphatic carbocycles. The Labute approximate surface area is 551 Å². The number of nitrogens with zero attached hydrogens (tertiary/aromatic N) is 7. The van der Waals surface area contributed by atoms with Crippen LogP contribution in [0, 0.1) is 71.0 Å². The summed E-state index contributed by atoms with van der Waals surface area (Å²) in [7, 11) is -5.32. The normalized spacial score (nSPS) is 33.1. The van der Waals surface area contributed by atoms with Gasteiger partial charge in [-0.05, 0) is 119 Å². The monoisotopic (exact) mass is 1350 g/mol.